The molecule has 0 heterocycles. The average molecular weight is 240 g/mol. The predicted octanol–water partition coefficient (Wildman–Crippen LogP) is 4.05. The first-order valence-electron chi connectivity index (χ1n) is 6.24. The zero-order valence-corrected chi connectivity index (χ0v) is 11.1. The summed E-state index contributed by atoms with van der Waals surface area (Å²) < 4.78 is 0. The van der Waals surface area contributed by atoms with Crippen LogP contribution in [0.4, 0.5) is 0 Å². The van der Waals surface area contributed by atoms with Gasteiger partial charge >= 0.3 is 0 Å². The molecule has 0 aliphatic heterocycles. The van der Waals surface area contributed by atoms with Crippen molar-refractivity contribution in [3.63, 3.8) is 0 Å². The Kier molecular flexibility index (Phi) is 6.51. The Morgan fingerprint density at radius 1 is 1.31 bits per heavy atom. The summed E-state index contributed by atoms with van der Waals surface area (Å²) in [5.74, 6) is 0. The molecule has 0 bridgehead atoms. The first-order valence-corrected chi connectivity index (χ1v) is 6.61. The van der Waals surface area contributed by atoms with Gasteiger partial charge in [-0.1, -0.05) is 50.4 Å². The van der Waals surface area contributed by atoms with Crippen LogP contribution in [0.3, 0.4) is 0 Å². The number of halogens is 1. The van der Waals surface area contributed by atoms with Crippen molar-refractivity contribution in [2.24, 2.45) is 0 Å². The van der Waals surface area contributed by atoms with Gasteiger partial charge in [0.15, 0.2) is 0 Å². The Hall–Kier alpha value is -0.530. The fourth-order valence-corrected chi connectivity index (χ4v) is 2.18. The average Bonchev–Trinajstić information content (AvgIpc) is 2.26. The van der Waals surface area contributed by atoms with Gasteiger partial charge in [-0.3, -0.25) is 0 Å². The van der Waals surface area contributed by atoms with E-state index in [1.807, 2.05) is 12.1 Å². The number of nitrogens with one attached hydrogen (secondary N) is 1. The molecule has 0 spiro atoms. The molecule has 0 saturated heterocycles. The molecular weight excluding hydrogens is 218 g/mol. The highest BCUT2D eigenvalue weighted by atomic mass is 35.5. The highest BCUT2D eigenvalue weighted by Crippen LogP contribution is 2.14. The highest BCUT2D eigenvalue weighted by molar-refractivity contribution is 6.30. The summed E-state index contributed by atoms with van der Waals surface area (Å²) in [6.45, 7) is 5.44. The van der Waals surface area contributed by atoms with E-state index in [9.17, 15) is 0 Å². The van der Waals surface area contributed by atoms with Gasteiger partial charge in [0.25, 0.3) is 0 Å². The van der Waals surface area contributed by atoms with Crippen molar-refractivity contribution in [1.82, 2.24) is 5.32 Å². The molecular formula is C14H22ClN. The van der Waals surface area contributed by atoms with E-state index in [1.54, 1.807) is 0 Å². The SMILES string of the molecule is CCCCC(Cc1cccc(Cl)c1)NCC. The highest BCUT2D eigenvalue weighted by Gasteiger charge is 2.07. The largest absolute Gasteiger partial charge is 0.314 e. The molecule has 0 saturated carbocycles. The van der Waals surface area contributed by atoms with Crippen LogP contribution in [0.15, 0.2) is 24.3 Å². The molecule has 1 N–H and O–H groups in total. The van der Waals surface area contributed by atoms with Crippen LogP contribution >= 0.6 is 11.6 Å². The second kappa shape index (κ2) is 7.70. The fraction of sp³-hybridized carbons (Fsp3) is 0.571. The molecule has 0 aromatic heterocycles. The third-order valence-electron chi connectivity index (χ3n) is 2.77. The number of likely N-dealkylation sites (N-methyl/N-ethyl adjacent to an activating group) is 1. The summed E-state index contributed by atoms with van der Waals surface area (Å²) in [6.07, 6.45) is 4.88. The van der Waals surface area contributed by atoms with Crippen LogP contribution in [0.25, 0.3) is 0 Å². The minimum atomic E-state index is 0.586. The van der Waals surface area contributed by atoms with Gasteiger partial charge in [0.2, 0.25) is 0 Å². The Bertz CT molecular complexity index is 299. The third-order valence-corrected chi connectivity index (χ3v) is 3.01. The molecule has 1 rings (SSSR count). The zero-order valence-electron chi connectivity index (χ0n) is 10.3. The second-order valence-electron chi connectivity index (χ2n) is 4.23. The molecule has 0 radical (unpaired) electrons. The van der Waals surface area contributed by atoms with Crippen molar-refractivity contribution < 1.29 is 0 Å². The molecule has 1 unspecified atom stereocenters. The van der Waals surface area contributed by atoms with Crippen LogP contribution < -0.4 is 5.32 Å². The standard InChI is InChI=1S/C14H22ClN/c1-3-5-9-14(16-4-2)11-12-7-6-8-13(15)10-12/h6-8,10,14,16H,3-5,9,11H2,1-2H3. The fourth-order valence-electron chi connectivity index (χ4n) is 1.96. The van der Waals surface area contributed by atoms with Crippen LogP contribution in [0.1, 0.15) is 38.7 Å². The summed E-state index contributed by atoms with van der Waals surface area (Å²) in [6, 6.07) is 8.77. The van der Waals surface area contributed by atoms with Gasteiger partial charge in [-0.2, -0.15) is 0 Å². The summed E-state index contributed by atoms with van der Waals surface area (Å²) in [7, 11) is 0. The lowest BCUT2D eigenvalue weighted by Crippen LogP contribution is -2.30. The van der Waals surface area contributed by atoms with E-state index in [4.69, 9.17) is 11.6 Å². The maximum absolute atomic E-state index is 5.99. The monoisotopic (exact) mass is 239 g/mol. The van der Waals surface area contributed by atoms with Gasteiger partial charge < -0.3 is 5.32 Å². The Balaban J connectivity index is 2.52. The number of rotatable bonds is 7. The Labute approximate surface area is 104 Å². The van der Waals surface area contributed by atoms with Crippen LogP contribution in [-0.2, 0) is 6.42 Å². The Morgan fingerprint density at radius 3 is 2.75 bits per heavy atom. The second-order valence-corrected chi connectivity index (χ2v) is 4.67. The van der Waals surface area contributed by atoms with Crippen LogP contribution in [0, 0.1) is 0 Å². The quantitative estimate of drug-likeness (QED) is 0.757. The smallest absolute Gasteiger partial charge is 0.0408 e. The van der Waals surface area contributed by atoms with E-state index in [-0.39, 0.29) is 0 Å². The molecule has 1 nitrogen and oxygen atoms in total. The molecule has 1 aromatic rings. The number of benzene rings is 1. The molecule has 16 heavy (non-hydrogen) atoms. The molecule has 90 valence electrons. The first kappa shape index (κ1) is 13.5. The van der Waals surface area contributed by atoms with E-state index in [1.165, 1.54) is 24.8 Å². The summed E-state index contributed by atoms with van der Waals surface area (Å²) in [5, 5.41) is 4.38. The minimum absolute atomic E-state index is 0.586. The minimum Gasteiger partial charge on any atom is -0.314 e. The number of hydrogen-bond acceptors (Lipinski definition) is 1. The predicted molar refractivity (Wildman–Crippen MR) is 72.1 cm³/mol. The van der Waals surface area contributed by atoms with Gasteiger partial charge in [-0.15, -0.1) is 0 Å². The first-order chi connectivity index (χ1) is 7.76. The van der Waals surface area contributed by atoms with Crippen molar-refractivity contribution in [3.05, 3.63) is 34.9 Å². The molecule has 0 fully saturated rings. The molecule has 0 amide bonds. The summed E-state index contributed by atoms with van der Waals surface area (Å²) in [4.78, 5) is 0. The topological polar surface area (TPSA) is 12.0 Å². The van der Waals surface area contributed by atoms with E-state index in [0.717, 1.165) is 18.0 Å². The van der Waals surface area contributed by atoms with Crippen LogP contribution in [0.2, 0.25) is 5.02 Å². The normalized spacial score (nSPS) is 12.7. The van der Waals surface area contributed by atoms with Crippen molar-refractivity contribution in [3.8, 4) is 0 Å². The van der Waals surface area contributed by atoms with Gasteiger partial charge in [0.05, 0.1) is 0 Å². The lowest BCUT2D eigenvalue weighted by Gasteiger charge is -2.17. The molecule has 0 aliphatic rings. The van der Waals surface area contributed by atoms with Gasteiger partial charge in [0.1, 0.15) is 0 Å². The zero-order chi connectivity index (χ0) is 11.8. The lowest BCUT2D eigenvalue weighted by molar-refractivity contribution is 0.473. The molecule has 1 aromatic carbocycles. The van der Waals surface area contributed by atoms with Gasteiger partial charge in [-0.05, 0) is 37.1 Å². The van der Waals surface area contributed by atoms with Crippen LogP contribution in [-0.4, -0.2) is 12.6 Å². The number of unbranched alkanes of at least 4 members (excludes halogenated alkanes) is 1. The lowest BCUT2D eigenvalue weighted by atomic mass is 10.0. The molecule has 1 atom stereocenters. The van der Waals surface area contributed by atoms with Gasteiger partial charge in [0, 0.05) is 11.1 Å². The third kappa shape index (κ3) is 5.00. The summed E-state index contributed by atoms with van der Waals surface area (Å²) >= 11 is 5.99. The maximum atomic E-state index is 5.99. The molecule has 2 heteroatoms. The van der Waals surface area contributed by atoms with Crippen molar-refractivity contribution >= 4 is 11.6 Å². The van der Waals surface area contributed by atoms with Crippen molar-refractivity contribution in [2.45, 2.75) is 45.6 Å². The van der Waals surface area contributed by atoms with E-state index >= 15 is 0 Å². The maximum Gasteiger partial charge on any atom is 0.0408 e. The van der Waals surface area contributed by atoms with E-state index < -0.39 is 0 Å². The summed E-state index contributed by atoms with van der Waals surface area (Å²) in [5.41, 5.74) is 1.33. The van der Waals surface area contributed by atoms with E-state index in [2.05, 4.69) is 31.3 Å². The van der Waals surface area contributed by atoms with Crippen LogP contribution in [0.5, 0.6) is 0 Å². The van der Waals surface area contributed by atoms with Crippen molar-refractivity contribution in [1.29, 1.82) is 0 Å². The molecule has 0 aliphatic carbocycles. The Morgan fingerprint density at radius 2 is 2.12 bits per heavy atom. The number of hydrogen-bond donors (Lipinski definition) is 1. The van der Waals surface area contributed by atoms with Gasteiger partial charge in [-0.25, -0.2) is 0 Å². The van der Waals surface area contributed by atoms with Crippen molar-refractivity contribution in [2.75, 3.05) is 6.54 Å². The van der Waals surface area contributed by atoms with E-state index in [0.29, 0.717) is 6.04 Å².